The molecular weight excluding hydrogens is 218 g/mol. The van der Waals surface area contributed by atoms with Crippen LogP contribution in [0.5, 0.6) is 0 Å². The maximum Gasteiger partial charge on any atom is 0.237 e. The lowest BCUT2D eigenvalue weighted by Gasteiger charge is -2.28. The zero-order chi connectivity index (χ0) is 13.2. The first kappa shape index (κ1) is 13.6. The molecule has 1 amide bonds. The zero-order valence-electron chi connectivity index (χ0n) is 11.1. The van der Waals surface area contributed by atoms with E-state index in [1.807, 2.05) is 25.5 Å². The Labute approximate surface area is 102 Å². The van der Waals surface area contributed by atoms with Gasteiger partial charge in [0.05, 0.1) is 11.6 Å². The number of amides is 1. The second-order valence-electron chi connectivity index (χ2n) is 4.65. The third-order valence-electron chi connectivity index (χ3n) is 3.12. The summed E-state index contributed by atoms with van der Waals surface area (Å²) in [5.74, 6) is 1.22. The second-order valence-corrected chi connectivity index (χ2v) is 4.65. The van der Waals surface area contributed by atoms with E-state index in [1.54, 1.807) is 14.0 Å². The van der Waals surface area contributed by atoms with E-state index in [2.05, 4.69) is 15.4 Å². The first-order valence-electron chi connectivity index (χ1n) is 5.68. The van der Waals surface area contributed by atoms with E-state index in [4.69, 9.17) is 5.73 Å². The summed E-state index contributed by atoms with van der Waals surface area (Å²) in [4.78, 5) is 15.7. The third kappa shape index (κ3) is 2.82. The Kier molecular flexibility index (Phi) is 3.87. The van der Waals surface area contributed by atoms with Crippen molar-refractivity contribution < 1.29 is 4.79 Å². The molecule has 2 unspecified atom stereocenters. The highest BCUT2D eigenvalue weighted by Crippen LogP contribution is 2.20. The molecule has 96 valence electrons. The Morgan fingerprint density at radius 3 is 2.53 bits per heavy atom. The summed E-state index contributed by atoms with van der Waals surface area (Å²) in [6.45, 7) is 7.55. The van der Waals surface area contributed by atoms with Gasteiger partial charge >= 0.3 is 0 Å². The molecule has 0 aliphatic heterocycles. The summed E-state index contributed by atoms with van der Waals surface area (Å²) >= 11 is 0. The second kappa shape index (κ2) is 4.83. The van der Waals surface area contributed by atoms with Crippen LogP contribution in [0.15, 0.2) is 0 Å². The van der Waals surface area contributed by atoms with Crippen LogP contribution in [0.2, 0.25) is 0 Å². The predicted molar refractivity (Wildman–Crippen MR) is 65.5 cm³/mol. The zero-order valence-corrected chi connectivity index (χ0v) is 11.1. The fourth-order valence-corrected chi connectivity index (χ4v) is 1.96. The Morgan fingerprint density at radius 1 is 1.59 bits per heavy atom. The molecule has 0 radical (unpaired) electrons. The number of carbonyl (C=O) groups is 1. The van der Waals surface area contributed by atoms with Crippen molar-refractivity contribution in [2.45, 2.75) is 45.7 Å². The Bertz CT molecular complexity index is 414. The minimum absolute atomic E-state index is 0.0566. The molecule has 0 bridgehead atoms. The van der Waals surface area contributed by atoms with Crippen molar-refractivity contribution in [2.24, 2.45) is 5.73 Å². The lowest BCUT2D eigenvalue weighted by molar-refractivity contribution is -0.124. The normalized spacial score (nSPS) is 16.5. The van der Waals surface area contributed by atoms with Crippen LogP contribution in [0.25, 0.3) is 0 Å². The maximum absolute atomic E-state index is 11.4. The van der Waals surface area contributed by atoms with E-state index >= 15 is 0 Å². The summed E-state index contributed by atoms with van der Waals surface area (Å²) in [5.41, 5.74) is 4.67. The van der Waals surface area contributed by atoms with Crippen LogP contribution < -0.4 is 11.1 Å². The van der Waals surface area contributed by atoms with Gasteiger partial charge in [0.1, 0.15) is 11.6 Å². The van der Waals surface area contributed by atoms with E-state index < -0.39 is 5.54 Å². The molecule has 1 aromatic heterocycles. The average molecular weight is 239 g/mol. The number of nitrogens with two attached hydrogens (primary N) is 1. The number of primary amides is 1. The molecule has 2 atom stereocenters. The molecule has 17 heavy (non-hydrogen) atoms. The van der Waals surface area contributed by atoms with Gasteiger partial charge in [0.2, 0.25) is 5.91 Å². The van der Waals surface area contributed by atoms with Crippen molar-refractivity contribution in [2.75, 3.05) is 7.05 Å². The van der Waals surface area contributed by atoms with Gasteiger partial charge in [0.25, 0.3) is 0 Å². The van der Waals surface area contributed by atoms with Gasteiger partial charge in [-0.2, -0.15) is 5.10 Å². The standard InChI is InChI=1S/C11H21N5O/c1-7(6-11(4,13-5)10(12)17)16-9(3)14-8(2)15-16/h7,13H,6H2,1-5H3,(H2,12,17). The van der Waals surface area contributed by atoms with Crippen LogP contribution in [0, 0.1) is 13.8 Å². The van der Waals surface area contributed by atoms with E-state index in [9.17, 15) is 4.79 Å². The van der Waals surface area contributed by atoms with Crippen molar-refractivity contribution >= 4 is 5.91 Å². The third-order valence-corrected chi connectivity index (χ3v) is 3.12. The Morgan fingerprint density at radius 2 is 2.18 bits per heavy atom. The highest BCUT2D eigenvalue weighted by Gasteiger charge is 2.32. The van der Waals surface area contributed by atoms with Crippen LogP contribution in [0.4, 0.5) is 0 Å². The summed E-state index contributed by atoms with van der Waals surface area (Å²) in [6, 6.07) is 0.0566. The summed E-state index contributed by atoms with van der Waals surface area (Å²) in [7, 11) is 1.73. The summed E-state index contributed by atoms with van der Waals surface area (Å²) < 4.78 is 1.83. The van der Waals surface area contributed by atoms with Crippen molar-refractivity contribution in [3.8, 4) is 0 Å². The fraction of sp³-hybridized carbons (Fsp3) is 0.727. The molecule has 0 saturated carbocycles. The molecule has 0 aromatic carbocycles. The van der Waals surface area contributed by atoms with Gasteiger partial charge in [0.15, 0.2) is 0 Å². The van der Waals surface area contributed by atoms with Gasteiger partial charge in [0, 0.05) is 0 Å². The number of hydrogen-bond donors (Lipinski definition) is 2. The number of nitrogens with zero attached hydrogens (tertiary/aromatic N) is 3. The van der Waals surface area contributed by atoms with E-state index in [1.165, 1.54) is 0 Å². The maximum atomic E-state index is 11.4. The topological polar surface area (TPSA) is 85.8 Å². The minimum atomic E-state index is -0.730. The van der Waals surface area contributed by atoms with E-state index in [-0.39, 0.29) is 11.9 Å². The van der Waals surface area contributed by atoms with Gasteiger partial charge in [-0.3, -0.25) is 4.79 Å². The molecule has 6 heteroatoms. The van der Waals surface area contributed by atoms with Gasteiger partial charge in [-0.05, 0) is 41.2 Å². The summed E-state index contributed by atoms with van der Waals surface area (Å²) in [6.07, 6.45) is 0.572. The highest BCUT2D eigenvalue weighted by molar-refractivity contribution is 5.84. The van der Waals surface area contributed by atoms with Gasteiger partial charge in [-0.25, -0.2) is 9.67 Å². The first-order valence-corrected chi connectivity index (χ1v) is 5.68. The van der Waals surface area contributed by atoms with Crippen LogP contribution in [-0.2, 0) is 4.79 Å². The molecule has 0 aliphatic rings. The Hall–Kier alpha value is -1.43. The largest absolute Gasteiger partial charge is 0.368 e. The van der Waals surface area contributed by atoms with Crippen LogP contribution in [0.1, 0.15) is 38.0 Å². The smallest absolute Gasteiger partial charge is 0.237 e. The van der Waals surface area contributed by atoms with Crippen LogP contribution in [0.3, 0.4) is 0 Å². The molecule has 6 nitrogen and oxygen atoms in total. The average Bonchev–Trinajstić information content (AvgIpc) is 2.57. The van der Waals surface area contributed by atoms with Gasteiger partial charge in [-0.15, -0.1) is 0 Å². The lowest BCUT2D eigenvalue weighted by Crippen LogP contribution is -2.52. The van der Waals surface area contributed by atoms with Crippen LogP contribution in [-0.4, -0.2) is 33.3 Å². The van der Waals surface area contributed by atoms with Crippen molar-refractivity contribution in [3.05, 3.63) is 11.6 Å². The summed E-state index contributed by atoms with van der Waals surface area (Å²) in [5, 5.41) is 7.28. The van der Waals surface area contributed by atoms with Crippen molar-refractivity contribution in [1.82, 2.24) is 20.1 Å². The molecule has 1 aromatic rings. The number of aryl methyl sites for hydroxylation is 2. The SMILES string of the molecule is CNC(C)(CC(C)n1nc(C)nc1C)C(N)=O. The molecule has 3 N–H and O–H groups in total. The van der Waals surface area contributed by atoms with Gasteiger partial charge in [-0.1, -0.05) is 0 Å². The number of hydrogen-bond acceptors (Lipinski definition) is 4. The quantitative estimate of drug-likeness (QED) is 0.774. The van der Waals surface area contributed by atoms with Crippen molar-refractivity contribution in [1.29, 1.82) is 0 Å². The monoisotopic (exact) mass is 239 g/mol. The first-order chi connectivity index (χ1) is 7.80. The predicted octanol–water partition coefficient (Wildman–Crippen LogP) is 0.309. The lowest BCUT2D eigenvalue weighted by atomic mass is 9.93. The number of aromatic nitrogens is 3. The highest BCUT2D eigenvalue weighted by atomic mass is 16.1. The number of rotatable bonds is 5. The molecular formula is C11H21N5O. The molecule has 1 rings (SSSR count). The molecule has 0 fully saturated rings. The molecule has 0 spiro atoms. The Balaban J connectivity index is 2.88. The van der Waals surface area contributed by atoms with E-state index in [0.29, 0.717) is 6.42 Å². The number of nitrogens with one attached hydrogen (secondary N) is 1. The molecule has 0 saturated heterocycles. The van der Waals surface area contributed by atoms with E-state index in [0.717, 1.165) is 11.6 Å². The number of carbonyl (C=O) groups excluding carboxylic acids is 1. The van der Waals surface area contributed by atoms with Crippen LogP contribution >= 0.6 is 0 Å². The van der Waals surface area contributed by atoms with Gasteiger partial charge < -0.3 is 11.1 Å². The minimum Gasteiger partial charge on any atom is -0.368 e. The number of likely N-dealkylation sites (N-methyl/N-ethyl adjacent to an activating group) is 1. The fourth-order valence-electron chi connectivity index (χ4n) is 1.96. The molecule has 1 heterocycles. The molecule has 0 aliphatic carbocycles. The van der Waals surface area contributed by atoms with Crippen molar-refractivity contribution in [3.63, 3.8) is 0 Å².